The Morgan fingerprint density at radius 1 is 1.47 bits per heavy atom. The fraction of sp³-hybridized carbons (Fsp3) is 0.769. The first-order valence-corrected chi connectivity index (χ1v) is 6.11. The Labute approximate surface area is 104 Å². The number of nitrogens with one attached hydrogen (secondary N) is 1. The Morgan fingerprint density at radius 2 is 2.06 bits per heavy atom. The van der Waals surface area contributed by atoms with Gasteiger partial charge in [0.05, 0.1) is 6.54 Å². The first-order chi connectivity index (χ1) is 8.03. The lowest BCUT2D eigenvalue weighted by molar-refractivity contribution is -0.123. The number of terminal acetylenes is 1. The van der Waals surface area contributed by atoms with Crippen molar-refractivity contribution in [3.8, 4) is 12.3 Å². The Morgan fingerprint density at radius 3 is 2.47 bits per heavy atom. The third kappa shape index (κ3) is 5.71. The molecule has 0 rings (SSSR count). The minimum absolute atomic E-state index is 0.0629. The summed E-state index contributed by atoms with van der Waals surface area (Å²) >= 11 is 0. The Balaban J connectivity index is 4.21. The predicted octanol–water partition coefficient (Wildman–Crippen LogP) is 0.609. The Hall–Kier alpha value is -1.05. The number of carbonyl (C=O) groups excluding carboxylic acids is 1. The number of hydrogen-bond acceptors (Lipinski definition) is 3. The van der Waals surface area contributed by atoms with Crippen molar-refractivity contribution in [1.29, 1.82) is 0 Å². The normalized spacial score (nSPS) is 11.3. The van der Waals surface area contributed by atoms with Gasteiger partial charge in [-0.25, -0.2) is 0 Å². The van der Waals surface area contributed by atoms with Crippen molar-refractivity contribution in [2.45, 2.75) is 38.6 Å². The van der Waals surface area contributed by atoms with Gasteiger partial charge in [0.1, 0.15) is 5.54 Å². The molecule has 0 saturated heterocycles. The zero-order chi connectivity index (χ0) is 13.3. The molecule has 0 saturated carbocycles. The first kappa shape index (κ1) is 16.0. The van der Waals surface area contributed by atoms with Crippen LogP contribution >= 0.6 is 0 Å². The molecule has 1 amide bonds. The molecular formula is C13H24N2O2. The van der Waals surface area contributed by atoms with Gasteiger partial charge in [-0.2, -0.15) is 0 Å². The lowest BCUT2D eigenvalue weighted by atomic mass is 9.94. The van der Waals surface area contributed by atoms with Crippen LogP contribution in [0, 0.1) is 12.3 Å². The van der Waals surface area contributed by atoms with Crippen LogP contribution in [-0.4, -0.2) is 48.2 Å². The standard InChI is InChI=1S/C13H24N2O2/c1-5-13(6-2,7-3)14-12(17)11-15(4)9-8-10-16/h1,16H,6-11H2,2-4H3,(H,14,17). The molecule has 0 aliphatic rings. The average Bonchev–Trinajstić information content (AvgIpc) is 2.33. The number of likely N-dealkylation sites (N-methyl/N-ethyl adjacent to an activating group) is 1. The number of carbonyl (C=O) groups is 1. The summed E-state index contributed by atoms with van der Waals surface area (Å²) in [6.45, 7) is 5.09. The summed E-state index contributed by atoms with van der Waals surface area (Å²) in [5.41, 5.74) is -0.519. The van der Waals surface area contributed by atoms with Gasteiger partial charge in [-0.05, 0) is 26.3 Å². The van der Waals surface area contributed by atoms with E-state index in [9.17, 15) is 4.79 Å². The second kappa shape index (κ2) is 8.10. The van der Waals surface area contributed by atoms with E-state index in [4.69, 9.17) is 11.5 Å². The van der Waals surface area contributed by atoms with Crippen LogP contribution in [0.4, 0.5) is 0 Å². The zero-order valence-corrected chi connectivity index (χ0v) is 11.1. The van der Waals surface area contributed by atoms with Crippen molar-refractivity contribution >= 4 is 5.91 Å². The molecule has 0 bridgehead atoms. The summed E-state index contributed by atoms with van der Waals surface area (Å²) in [6.07, 6.45) is 7.61. The molecule has 0 aliphatic carbocycles. The molecule has 0 heterocycles. The van der Waals surface area contributed by atoms with Crippen LogP contribution < -0.4 is 5.32 Å². The Kier molecular flexibility index (Phi) is 7.60. The SMILES string of the molecule is C#CC(CC)(CC)NC(=O)CN(C)CCCO. The molecule has 0 radical (unpaired) electrons. The quantitative estimate of drug-likeness (QED) is 0.611. The average molecular weight is 240 g/mol. The van der Waals surface area contributed by atoms with E-state index < -0.39 is 5.54 Å². The predicted molar refractivity (Wildman–Crippen MR) is 69.5 cm³/mol. The van der Waals surface area contributed by atoms with Crippen molar-refractivity contribution in [2.24, 2.45) is 0 Å². The van der Waals surface area contributed by atoms with Crippen molar-refractivity contribution in [2.75, 3.05) is 26.7 Å². The van der Waals surface area contributed by atoms with E-state index in [0.717, 1.165) is 12.8 Å². The topological polar surface area (TPSA) is 52.6 Å². The molecule has 98 valence electrons. The lowest BCUT2D eigenvalue weighted by Gasteiger charge is -2.28. The number of rotatable bonds is 8. The highest BCUT2D eigenvalue weighted by atomic mass is 16.3. The highest BCUT2D eigenvalue weighted by Crippen LogP contribution is 2.13. The summed E-state index contributed by atoms with van der Waals surface area (Å²) in [5, 5.41) is 11.6. The molecule has 0 atom stereocenters. The first-order valence-electron chi connectivity index (χ1n) is 6.11. The van der Waals surface area contributed by atoms with Gasteiger partial charge in [0, 0.05) is 13.2 Å². The number of nitrogens with zero attached hydrogens (tertiary/aromatic N) is 1. The molecule has 0 spiro atoms. The highest BCUT2D eigenvalue weighted by molar-refractivity contribution is 5.79. The summed E-state index contributed by atoms with van der Waals surface area (Å²) in [4.78, 5) is 13.7. The molecule has 17 heavy (non-hydrogen) atoms. The number of aliphatic hydroxyl groups excluding tert-OH is 1. The van der Waals surface area contributed by atoms with Gasteiger partial charge < -0.3 is 10.4 Å². The van der Waals surface area contributed by atoms with Crippen LogP contribution in [0.5, 0.6) is 0 Å². The summed E-state index contributed by atoms with van der Waals surface area (Å²) in [5.74, 6) is 2.61. The van der Waals surface area contributed by atoms with Gasteiger partial charge in [0.15, 0.2) is 0 Å². The molecule has 0 aromatic carbocycles. The molecular weight excluding hydrogens is 216 g/mol. The molecule has 4 nitrogen and oxygen atoms in total. The van der Waals surface area contributed by atoms with Crippen LogP contribution in [0.2, 0.25) is 0 Å². The second-order valence-corrected chi connectivity index (χ2v) is 4.30. The maximum atomic E-state index is 11.8. The number of amides is 1. The van der Waals surface area contributed by atoms with E-state index in [0.29, 0.717) is 19.5 Å². The molecule has 0 aromatic rings. The molecule has 2 N–H and O–H groups in total. The minimum atomic E-state index is -0.519. The van der Waals surface area contributed by atoms with Crippen LogP contribution in [0.25, 0.3) is 0 Å². The van der Waals surface area contributed by atoms with Gasteiger partial charge in [-0.1, -0.05) is 19.8 Å². The van der Waals surface area contributed by atoms with Crippen LogP contribution in [0.1, 0.15) is 33.1 Å². The number of aliphatic hydroxyl groups is 1. The monoisotopic (exact) mass is 240 g/mol. The summed E-state index contributed by atoms with van der Waals surface area (Å²) in [6, 6.07) is 0. The van der Waals surface area contributed by atoms with Gasteiger partial charge in [0.25, 0.3) is 0 Å². The van der Waals surface area contributed by atoms with Crippen molar-refractivity contribution in [3.05, 3.63) is 0 Å². The molecule has 0 aromatic heterocycles. The van der Waals surface area contributed by atoms with Crippen molar-refractivity contribution in [3.63, 3.8) is 0 Å². The van der Waals surface area contributed by atoms with E-state index in [-0.39, 0.29) is 12.5 Å². The fourth-order valence-corrected chi connectivity index (χ4v) is 1.64. The van der Waals surface area contributed by atoms with Crippen molar-refractivity contribution in [1.82, 2.24) is 10.2 Å². The van der Waals surface area contributed by atoms with Crippen LogP contribution in [0.3, 0.4) is 0 Å². The van der Waals surface area contributed by atoms with Gasteiger partial charge in [-0.15, -0.1) is 6.42 Å². The van der Waals surface area contributed by atoms with E-state index in [2.05, 4.69) is 11.2 Å². The third-order valence-corrected chi connectivity index (χ3v) is 2.97. The highest BCUT2D eigenvalue weighted by Gasteiger charge is 2.25. The van der Waals surface area contributed by atoms with E-state index >= 15 is 0 Å². The molecule has 0 fully saturated rings. The molecule has 0 aliphatic heterocycles. The van der Waals surface area contributed by atoms with E-state index in [1.165, 1.54) is 0 Å². The molecule has 0 unspecified atom stereocenters. The largest absolute Gasteiger partial charge is 0.396 e. The third-order valence-electron chi connectivity index (χ3n) is 2.97. The lowest BCUT2D eigenvalue weighted by Crippen LogP contribution is -2.49. The van der Waals surface area contributed by atoms with E-state index in [1.54, 1.807) is 0 Å². The number of hydrogen-bond donors (Lipinski definition) is 2. The van der Waals surface area contributed by atoms with Gasteiger partial charge >= 0.3 is 0 Å². The van der Waals surface area contributed by atoms with Crippen LogP contribution in [0.15, 0.2) is 0 Å². The minimum Gasteiger partial charge on any atom is -0.396 e. The Bertz CT molecular complexity index is 267. The van der Waals surface area contributed by atoms with Crippen molar-refractivity contribution < 1.29 is 9.90 Å². The van der Waals surface area contributed by atoms with Gasteiger partial charge in [0.2, 0.25) is 5.91 Å². The van der Waals surface area contributed by atoms with Gasteiger partial charge in [-0.3, -0.25) is 9.69 Å². The smallest absolute Gasteiger partial charge is 0.235 e. The maximum absolute atomic E-state index is 11.8. The summed E-state index contributed by atoms with van der Waals surface area (Å²) in [7, 11) is 1.85. The van der Waals surface area contributed by atoms with E-state index in [1.807, 2.05) is 25.8 Å². The summed E-state index contributed by atoms with van der Waals surface area (Å²) < 4.78 is 0. The zero-order valence-electron chi connectivity index (χ0n) is 11.1. The molecule has 4 heteroatoms. The maximum Gasteiger partial charge on any atom is 0.235 e. The fourth-order valence-electron chi connectivity index (χ4n) is 1.64. The van der Waals surface area contributed by atoms with Crippen LogP contribution in [-0.2, 0) is 4.79 Å². The second-order valence-electron chi connectivity index (χ2n) is 4.30.